The first-order valence-electron chi connectivity index (χ1n) is 6.43. The zero-order valence-electron chi connectivity index (χ0n) is 11.7. The molecule has 0 spiro atoms. The van der Waals surface area contributed by atoms with Crippen molar-refractivity contribution in [3.05, 3.63) is 29.8 Å². The largest absolute Gasteiger partial charge is 0.496 e. The molecule has 0 aliphatic rings. The molecule has 1 aromatic carbocycles. The lowest BCUT2D eigenvalue weighted by Crippen LogP contribution is -2.45. The van der Waals surface area contributed by atoms with Crippen LogP contribution >= 0.6 is 0 Å². The van der Waals surface area contributed by atoms with Crippen LogP contribution in [0.15, 0.2) is 24.3 Å². The molecule has 0 aromatic heterocycles. The Balaban J connectivity index is 2.52. The van der Waals surface area contributed by atoms with Crippen molar-refractivity contribution in [1.82, 2.24) is 10.6 Å². The standard InChI is InChI=1S/C14H20N2O4/c1-3-11(9-17)16-14(19)13(18)15-8-10-6-4-5-7-12(10)20-2/h4-7,11,17H,3,8-9H2,1-2H3,(H,15,18)(H,16,19)/t11-/m1/s1. The number of hydrogen-bond donors (Lipinski definition) is 3. The van der Waals surface area contributed by atoms with Crippen molar-refractivity contribution in [2.75, 3.05) is 13.7 Å². The molecular weight excluding hydrogens is 260 g/mol. The molecule has 110 valence electrons. The summed E-state index contributed by atoms with van der Waals surface area (Å²) in [6, 6.07) is 6.83. The molecule has 0 fully saturated rings. The first kappa shape index (κ1) is 16.0. The summed E-state index contributed by atoms with van der Waals surface area (Å²) in [5, 5.41) is 13.9. The van der Waals surface area contributed by atoms with E-state index in [9.17, 15) is 9.59 Å². The minimum Gasteiger partial charge on any atom is -0.496 e. The van der Waals surface area contributed by atoms with Crippen LogP contribution in [0.3, 0.4) is 0 Å². The Bertz CT molecular complexity index is 458. The van der Waals surface area contributed by atoms with E-state index in [2.05, 4.69) is 10.6 Å². The molecule has 0 unspecified atom stereocenters. The summed E-state index contributed by atoms with van der Waals surface area (Å²) in [6.45, 7) is 1.82. The molecule has 1 atom stereocenters. The van der Waals surface area contributed by atoms with Gasteiger partial charge in [0.1, 0.15) is 5.75 Å². The van der Waals surface area contributed by atoms with Gasteiger partial charge in [-0.3, -0.25) is 9.59 Å². The van der Waals surface area contributed by atoms with Gasteiger partial charge in [0.05, 0.1) is 19.8 Å². The van der Waals surface area contributed by atoms with E-state index in [0.717, 1.165) is 5.56 Å². The van der Waals surface area contributed by atoms with Crippen LogP contribution in [-0.2, 0) is 16.1 Å². The van der Waals surface area contributed by atoms with E-state index < -0.39 is 17.9 Å². The summed E-state index contributed by atoms with van der Waals surface area (Å²) in [5.41, 5.74) is 0.783. The van der Waals surface area contributed by atoms with Crippen molar-refractivity contribution in [1.29, 1.82) is 0 Å². The molecule has 0 saturated carbocycles. The summed E-state index contributed by atoms with van der Waals surface area (Å²) in [6.07, 6.45) is 0.558. The molecule has 3 N–H and O–H groups in total. The van der Waals surface area contributed by atoms with Crippen LogP contribution in [-0.4, -0.2) is 36.7 Å². The van der Waals surface area contributed by atoms with Gasteiger partial charge < -0.3 is 20.5 Å². The molecule has 6 nitrogen and oxygen atoms in total. The van der Waals surface area contributed by atoms with Gasteiger partial charge in [-0.1, -0.05) is 25.1 Å². The third-order valence-electron chi connectivity index (χ3n) is 2.89. The second-order valence-corrected chi connectivity index (χ2v) is 4.26. The Kier molecular flexibility index (Phi) is 6.52. The van der Waals surface area contributed by atoms with Crippen molar-refractivity contribution in [3.8, 4) is 5.75 Å². The van der Waals surface area contributed by atoms with E-state index in [1.165, 1.54) is 0 Å². The number of nitrogens with one attached hydrogen (secondary N) is 2. The molecule has 0 aliphatic carbocycles. The average molecular weight is 280 g/mol. The van der Waals surface area contributed by atoms with E-state index in [-0.39, 0.29) is 13.2 Å². The summed E-state index contributed by atoms with van der Waals surface area (Å²) in [5.74, 6) is -0.835. The molecule has 6 heteroatoms. The molecule has 0 bridgehead atoms. The fourth-order valence-corrected chi connectivity index (χ4v) is 1.63. The number of carbonyl (C=O) groups excluding carboxylic acids is 2. The monoisotopic (exact) mass is 280 g/mol. The number of rotatable bonds is 6. The summed E-state index contributed by atoms with van der Waals surface area (Å²) >= 11 is 0. The number of para-hydroxylation sites is 1. The molecule has 0 heterocycles. The maximum atomic E-state index is 11.6. The first-order valence-corrected chi connectivity index (χ1v) is 6.43. The molecule has 0 aliphatic heterocycles. The first-order chi connectivity index (χ1) is 9.62. The van der Waals surface area contributed by atoms with Gasteiger partial charge in [0.2, 0.25) is 0 Å². The van der Waals surface area contributed by atoms with E-state index in [1.807, 2.05) is 19.1 Å². The smallest absolute Gasteiger partial charge is 0.309 e. The lowest BCUT2D eigenvalue weighted by molar-refractivity contribution is -0.139. The number of carbonyl (C=O) groups is 2. The lowest BCUT2D eigenvalue weighted by Gasteiger charge is -2.14. The van der Waals surface area contributed by atoms with E-state index >= 15 is 0 Å². The Morgan fingerprint density at radius 2 is 2.00 bits per heavy atom. The second kappa shape index (κ2) is 8.16. The van der Waals surface area contributed by atoms with Crippen LogP contribution < -0.4 is 15.4 Å². The predicted molar refractivity (Wildman–Crippen MR) is 74.1 cm³/mol. The quantitative estimate of drug-likeness (QED) is 0.650. The number of aliphatic hydroxyl groups excluding tert-OH is 1. The molecular formula is C14H20N2O4. The topological polar surface area (TPSA) is 87.7 Å². The summed E-state index contributed by atoms with van der Waals surface area (Å²) < 4.78 is 5.15. The zero-order chi connectivity index (χ0) is 15.0. The number of methoxy groups -OCH3 is 1. The lowest BCUT2D eigenvalue weighted by atomic mass is 10.2. The Labute approximate surface area is 118 Å². The second-order valence-electron chi connectivity index (χ2n) is 4.26. The zero-order valence-corrected chi connectivity index (χ0v) is 11.7. The van der Waals surface area contributed by atoms with Crippen molar-refractivity contribution in [2.24, 2.45) is 0 Å². The van der Waals surface area contributed by atoms with Gasteiger partial charge in [0, 0.05) is 12.1 Å². The normalized spacial score (nSPS) is 11.6. The van der Waals surface area contributed by atoms with Gasteiger partial charge in [-0.15, -0.1) is 0 Å². The maximum absolute atomic E-state index is 11.6. The van der Waals surface area contributed by atoms with E-state index in [0.29, 0.717) is 12.2 Å². The van der Waals surface area contributed by atoms with Crippen LogP contribution in [0.5, 0.6) is 5.75 Å². The van der Waals surface area contributed by atoms with Gasteiger partial charge >= 0.3 is 11.8 Å². The fourth-order valence-electron chi connectivity index (χ4n) is 1.63. The highest BCUT2D eigenvalue weighted by Crippen LogP contribution is 2.16. The van der Waals surface area contributed by atoms with Crippen molar-refractivity contribution in [3.63, 3.8) is 0 Å². The minimum atomic E-state index is -0.749. The van der Waals surface area contributed by atoms with Gasteiger partial charge in [0.25, 0.3) is 0 Å². The third kappa shape index (κ3) is 4.55. The Morgan fingerprint density at radius 3 is 2.60 bits per heavy atom. The number of hydrogen-bond acceptors (Lipinski definition) is 4. The van der Waals surface area contributed by atoms with Crippen LogP contribution in [0, 0.1) is 0 Å². The van der Waals surface area contributed by atoms with Crippen LogP contribution in [0.2, 0.25) is 0 Å². The fraction of sp³-hybridized carbons (Fsp3) is 0.429. The van der Waals surface area contributed by atoms with Crippen molar-refractivity contribution in [2.45, 2.75) is 25.9 Å². The number of benzene rings is 1. The molecule has 1 aromatic rings. The number of ether oxygens (including phenoxy) is 1. The summed E-state index contributed by atoms with van der Waals surface area (Å²) in [4.78, 5) is 23.2. The SMILES string of the molecule is CC[C@H](CO)NC(=O)C(=O)NCc1ccccc1OC. The molecule has 0 radical (unpaired) electrons. The highest BCUT2D eigenvalue weighted by Gasteiger charge is 2.17. The van der Waals surface area contributed by atoms with E-state index in [1.54, 1.807) is 19.2 Å². The Morgan fingerprint density at radius 1 is 1.30 bits per heavy atom. The van der Waals surface area contributed by atoms with Crippen LogP contribution in [0.4, 0.5) is 0 Å². The molecule has 0 saturated heterocycles. The molecule has 20 heavy (non-hydrogen) atoms. The van der Waals surface area contributed by atoms with Crippen molar-refractivity contribution < 1.29 is 19.4 Å². The molecule has 2 amide bonds. The summed E-state index contributed by atoms with van der Waals surface area (Å²) in [7, 11) is 1.54. The highest BCUT2D eigenvalue weighted by atomic mass is 16.5. The maximum Gasteiger partial charge on any atom is 0.309 e. The molecule has 1 rings (SSSR count). The number of amides is 2. The minimum absolute atomic E-state index is 0.192. The third-order valence-corrected chi connectivity index (χ3v) is 2.89. The van der Waals surface area contributed by atoms with Gasteiger partial charge in [-0.05, 0) is 12.5 Å². The van der Waals surface area contributed by atoms with E-state index in [4.69, 9.17) is 9.84 Å². The predicted octanol–water partition coefficient (Wildman–Crippen LogP) is 0.199. The van der Waals surface area contributed by atoms with Crippen LogP contribution in [0.25, 0.3) is 0 Å². The number of aliphatic hydroxyl groups is 1. The van der Waals surface area contributed by atoms with Gasteiger partial charge in [0.15, 0.2) is 0 Å². The van der Waals surface area contributed by atoms with Gasteiger partial charge in [-0.2, -0.15) is 0 Å². The van der Waals surface area contributed by atoms with Crippen LogP contribution in [0.1, 0.15) is 18.9 Å². The average Bonchev–Trinajstić information content (AvgIpc) is 2.50. The van der Waals surface area contributed by atoms with Crippen molar-refractivity contribution >= 4 is 11.8 Å². The Hall–Kier alpha value is -2.08. The van der Waals surface area contributed by atoms with Gasteiger partial charge in [-0.25, -0.2) is 0 Å². The highest BCUT2D eigenvalue weighted by molar-refractivity contribution is 6.35.